The molecule has 0 spiro atoms. The first-order valence-corrected chi connectivity index (χ1v) is 8.95. The SMILES string of the molecule is CN=C(NCCCn1cc(C)cn1)NCC(C)(C)NC(=O)OC(C)(C)C.I. The van der Waals surface area contributed by atoms with E-state index < -0.39 is 17.2 Å². The van der Waals surface area contributed by atoms with Gasteiger partial charge in [0.2, 0.25) is 0 Å². The van der Waals surface area contributed by atoms with Crippen LogP contribution in [0.1, 0.15) is 46.6 Å². The van der Waals surface area contributed by atoms with Gasteiger partial charge in [-0.25, -0.2) is 4.79 Å². The van der Waals surface area contributed by atoms with Gasteiger partial charge in [0.05, 0.1) is 11.7 Å². The van der Waals surface area contributed by atoms with Crippen LogP contribution in [-0.2, 0) is 11.3 Å². The summed E-state index contributed by atoms with van der Waals surface area (Å²) in [5.74, 6) is 0.695. The van der Waals surface area contributed by atoms with Crippen molar-refractivity contribution in [3.8, 4) is 0 Å². The molecule has 0 saturated heterocycles. The van der Waals surface area contributed by atoms with E-state index in [1.807, 2.05) is 58.6 Å². The number of halogens is 1. The topological polar surface area (TPSA) is 92.6 Å². The number of rotatable bonds is 7. The van der Waals surface area contributed by atoms with Crippen molar-refractivity contribution in [2.45, 2.75) is 65.6 Å². The number of carbonyl (C=O) groups is 1. The zero-order valence-electron chi connectivity index (χ0n) is 17.5. The summed E-state index contributed by atoms with van der Waals surface area (Å²) in [6.45, 7) is 13.6. The Bertz CT molecular complexity index is 607. The molecule has 0 aromatic carbocycles. The Labute approximate surface area is 179 Å². The molecule has 1 amide bonds. The Kier molecular flexibility index (Phi) is 10.7. The number of alkyl carbamates (subject to hydrolysis) is 1. The lowest BCUT2D eigenvalue weighted by molar-refractivity contribution is 0.0474. The predicted octanol–water partition coefficient (Wildman–Crippen LogP) is 2.67. The maximum absolute atomic E-state index is 11.9. The van der Waals surface area contributed by atoms with Gasteiger partial charge in [-0.05, 0) is 53.5 Å². The van der Waals surface area contributed by atoms with Crippen molar-refractivity contribution in [1.82, 2.24) is 25.7 Å². The number of guanidine groups is 1. The van der Waals surface area contributed by atoms with Gasteiger partial charge >= 0.3 is 6.09 Å². The molecule has 1 rings (SSSR count). The Morgan fingerprint density at radius 2 is 1.93 bits per heavy atom. The minimum atomic E-state index is -0.516. The fraction of sp³-hybridized carbons (Fsp3) is 0.722. The van der Waals surface area contributed by atoms with E-state index in [9.17, 15) is 4.79 Å². The molecule has 0 aliphatic carbocycles. The van der Waals surface area contributed by atoms with Crippen LogP contribution < -0.4 is 16.0 Å². The van der Waals surface area contributed by atoms with Gasteiger partial charge in [0.25, 0.3) is 0 Å². The van der Waals surface area contributed by atoms with E-state index in [1.165, 1.54) is 0 Å². The maximum atomic E-state index is 11.9. The zero-order valence-corrected chi connectivity index (χ0v) is 19.9. The highest BCUT2D eigenvalue weighted by Gasteiger charge is 2.24. The Balaban J connectivity index is 0.00000676. The predicted molar refractivity (Wildman–Crippen MR) is 120 cm³/mol. The van der Waals surface area contributed by atoms with E-state index in [2.05, 4.69) is 26.0 Å². The summed E-state index contributed by atoms with van der Waals surface area (Å²) in [6, 6.07) is 0. The van der Waals surface area contributed by atoms with Crippen LogP contribution in [0.3, 0.4) is 0 Å². The van der Waals surface area contributed by atoms with Crippen LogP contribution in [0.5, 0.6) is 0 Å². The smallest absolute Gasteiger partial charge is 0.408 e. The molecule has 0 atom stereocenters. The maximum Gasteiger partial charge on any atom is 0.408 e. The highest BCUT2D eigenvalue weighted by molar-refractivity contribution is 14.0. The molecule has 8 nitrogen and oxygen atoms in total. The molecule has 0 fully saturated rings. The molecule has 1 aromatic rings. The minimum absolute atomic E-state index is 0. The molecule has 0 unspecified atom stereocenters. The normalized spacial score (nSPS) is 12.2. The molecule has 27 heavy (non-hydrogen) atoms. The molecule has 0 saturated carbocycles. The number of aliphatic imine (C=N–C) groups is 1. The van der Waals surface area contributed by atoms with E-state index >= 15 is 0 Å². The quantitative estimate of drug-likeness (QED) is 0.235. The van der Waals surface area contributed by atoms with Gasteiger partial charge in [0.15, 0.2) is 5.96 Å². The Hall–Kier alpha value is -1.52. The second-order valence-corrected chi connectivity index (χ2v) is 8.00. The second kappa shape index (κ2) is 11.4. The highest BCUT2D eigenvalue weighted by Crippen LogP contribution is 2.09. The molecular formula is C18H35IN6O2. The molecule has 1 aromatic heterocycles. The first-order chi connectivity index (χ1) is 12.0. The Morgan fingerprint density at radius 1 is 1.26 bits per heavy atom. The fourth-order valence-electron chi connectivity index (χ4n) is 2.19. The number of aromatic nitrogens is 2. The summed E-state index contributed by atoms with van der Waals surface area (Å²) >= 11 is 0. The first kappa shape index (κ1) is 25.5. The van der Waals surface area contributed by atoms with E-state index in [0.717, 1.165) is 25.1 Å². The lowest BCUT2D eigenvalue weighted by Gasteiger charge is -2.29. The summed E-state index contributed by atoms with van der Waals surface area (Å²) in [5, 5.41) is 13.6. The average molecular weight is 494 g/mol. The standard InChI is InChI=1S/C18H34N6O2.HI/c1-14-11-22-24(12-14)10-8-9-20-15(19-7)21-13-18(5,6)23-16(25)26-17(2,3)4;/h11-12H,8-10,13H2,1-7H3,(H,23,25)(H2,19,20,21);1H. The highest BCUT2D eigenvalue weighted by atomic mass is 127. The Morgan fingerprint density at radius 3 is 2.44 bits per heavy atom. The van der Waals surface area contributed by atoms with Gasteiger partial charge in [-0.2, -0.15) is 5.10 Å². The van der Waals surface area contributed by atoms with E-state index in [1.54, 1.807) is 7.05 Å². The number of amides is 1. The summed E-state index contributed by atoms with van der Waals surface area (Å²) in [4.78, 5) is 16.1. The van der Waals surface area contributed by atoms with Crippen LogP contribution in [0.15, 0.2) is 17.4 Å². The van der Waals surface area contributed by atoms with Crippen molar-refractivity contribution in [3.63, 3.8) is 0 Å². The molecule has 0 aliphatic rings. The first-order valence-electron chi connectivity index (χ1n) is 8.95. The largest absolute Gasteiger partial charge is 0.444 e. The van der Waals surface area contributed by atoms with Gasteiger partial charge < -0.3 is 20.7 Å². The van der Waals surface area contributed by atoms with Crippen molar-refractivity contribution in [3.05, 3.63) is 18.0 Å². The third-order valence-electron chi connectivity index (χ3n) is 3.38. The van der Waals surface area contributed by atoms with E-state index in [0.29, 0.717) is 12.5 Å². The number of aryl methyl sites for hydroxylation is 2. The number of hydrogen-bond acceptors (Lipinski definition) is 4. The molecule has 9 heteroatoms. The summed E-state index contributed by atoms with van der Waals surface area (Å²) < 4.78 is 7.23. The minimum Gasteiger partial charge on any atom is -0.444 e. The van der Waals surface area contributed by atoms with Gasteiger partial charge in [-0.15, -0.1) is 24.0 Å². The average Bonchev–Trinajstić information content (AvgIpc) is 2.89. The molecule has 3 N–H and O–H groups in total. The lowest BCUT2D eigenvalue weighted by atomic mass is 10.1. The molecule has 0 radical (unpaired) electrons. The lowest BCUT2D eigenvalue weighted by Crippen LogP contribution is -2.54. The number of ether oxygens (including phenoxy) is 1. The van der Waals surface area contributed by atoms with Gasteiger partial charge in [0, 0.05) is 32.9 Å². The van der Waals surface area contributed by atoms with Gasteiger partial charge in [-0.3, -0.25) is 9.67 Å². The van der Waals surface area contributed by atoms with E-state index in [-0.39, 0.29) is 24.0 Å². The number of nitrogens with one attached hydrogen (secondary N) is 3. The number of carbonyl (C=O) groups excluding carboxylic acids is 1. The van der Waals surface area contributed by atoms with Crippen LogP contribution in [0.25, 0.3) is 0 Å². The van der Waals surface area contributed by atoms with E-state index in [4.69, 9.17) is 4.74 Å². The van der Waals surface area contributed by atoms with Crippen LogP contribution in [-0.4, -0.2) is 53.1 Å². The molecule has 0 aliphatic heterocycles. The van der Waals surface area contributed by atoms with Crippen molar-refractivity contribution in [2.24, 2.45) is 4.99 Å². The number of nitrogens with zero attached hydrogens (tertiary/aromatic N) is 3. The van der Waals surface area contributed by atoms with Crippen molar-refractivity contribution in [1.29, 1.82) is 0 Å². The summed E-state index contributed by atoms with van der Waals surface area (Å²) in [7, 11) is 1.72. The molecule has 1 heterocycles. The molecule has 0 bridgehead atoms. The van der Waals surface area contributed by atoms with Gasteiger partial charge in [-0.1, -0.05) is 0 Å². The van der Waals surface area contributed by atoms with Crippen LogP contribution in [0, 0.1) is 6.92 Å². The molecular weight excluding hydrogens is 459 g/mol. The third kappa shape index (κ3) is 11.7. The van der Waals surface area contributed by atoms with Crippen LogP contribution in [0.4, 0.5) is 4.79 Å². The summed E-state index contributed by atoms with van der Waals surface area (Å²) in [6.07, 6.45) is 4.38. The number of hydrogen-bond donors (Lipinski definition) is 3. The zero-order chi connectivity index (χ0) is 19.8. The monoisotopic (exact) mass is 494 g/mol. The van der Waals surface area contributed by atoms with Crippen LogP contribution >= 0.6 is 24.0 Å². The van der Waals surface area contributed by atoms with Crippen molar-refractivity contribution in [2.75, 3.05) is 20.1 Å². The third-order valence-corrected chi connectivity index (χ3v) is 3.38. The summed E-state index contributed by atoms with van der Waals surface area (Å²) in [5.41, 5.74) is 0.167. The fourth-order valence-corrected chi connectivity index (χ4v) is 2.19. The van der Waals surface area contributed by atoms with Gasteiger partial charge in [0.1, 0.15) is 5.60 Å². The van der Waals surface area contributed by atoms with Crippen LogP contribution in [0.2, 0.25) is 0 Å². The van der Waals surface area contributed by atoms with Crippen molar-refractivity contribution < 1.29 is 9.53 Å². The second-order valence-electron chi connectivity index (χ2n) is 8.00. The molecule has 156 valence electrons. The van der Waals surface area contributed by atoms with Crippen molar-refractivity contribution >= 4 is 36.0 Å².